The van der Waals surface area contributed by atoms with Crippen LogP contribution in [0.2, 0.25) is 0 Å². The van der Waals surface area contributed by atoms with Crippen molar-refractivity contribution in [2.45, 2.75) is 12.8 Å². The first kappa shape index (κ1) is 13.0. The number of hydrogen-bond donors (Lipinski definition) is 1. The molecule has 1 N–H and O–H groups in total. The molecule has 13 heavy (non-hydrogen) atoms. The van der Waals surface area contributed by atoms with E-state index in [4.69, 9.17) is 28.3 Å². The van der Waals surface area contributed by atoms with Crippen LogP contribution >= 0.6 is 23.2 Å². The summed E-state index contributed by atoms with van der Waals surface area (Å²) >= 11 is 11.1. The Morgan fingerprint density at radius 3 is 2.08 bits per heavy atom. The number of halogens is 2. The van der Waals surface area contributed by atoms with Gasteiger partial charge in [0.15, 0.2) is 0 Å². The molecule has 0 saturated carbocycles. The number of aliphatic carboxylic acids is 1. The molecule has 0 fully saturated rings. The molecule has 5 heteroatoms. The van der Waals surface area contributed by atoms with Gasteiger partial charge in [0, 0.05) is 31.3 Å². The van der Waals surface area contributed by atoms with Crippen LogP contribution in [0.1, 0.15) is 12.8 Å². The maximum Gasteiger partial charge on any atom is 0.303 e. The third-order valence-electron chi connectivity index (χ3n) is 1.67. The van der Waals surface area contributed by atoms with Gasteiger partial charge in [-0.3, -0.25) is 4.79 Å². The van der Waals surface area contributed by atoms with Gasteiger partial charge in [-0.2, -0.15) is 0 Å². The minimum atomic E-state index is -0.753. The van der Waals surface area contributed by atoms with Crippen molar-refractivity contribution in [3.63, 3.8) is 0 Å². The van der Waals surface area contributed by atoms with E-state index in [1.165, 1.54) is 0 Å². The van der Waals surface area contributed by atoms with Crippen LogP contribution in [0, 0.1) is 0 Å². The molecule has 0 amide bonds. The number of hydrogen-bond acceptors (Lipinski definition) is 2. The van der Waals surface area contributed by atoms with Crippen molar-refractivity contribution in [2.75, 3.05) is 31.4 Å². The van der Waals surface area contributed by atoms with Crippen LogP contribution in [0.25, 0.3) is 0 Å². The van der Waals surface area contributed by atoms with Gasteiger partial charge in [0.1, 0.15) is 0 Å². The lowest BCUT2D eigenvalue weighted by atomic mass is 10.3. The van der Waals surface area contributed by atoms with Crippen molar-refractivity contribution in [3.05, 3.63) is 0 Å². The van der Waals surface area contributed by atoms with Crippen LogP contribution in [-0.4, -0.2) is 47.4 Å². The molecule has 0 aromatic heterocycles. The standard InChI is InChI=1S/C8H15Cl2NO2/c9-3-6-11(7-4-10)5-1-2-8(12)13/h1-7H2,(H,12,13). The van der Waals surface area contributed by atoms with E-state index >= 15 is 0 Å². The first-order valence-corrected chi connectivity index (χ1v) is 5.33. The summed E-state index contributed by atoms with van der Waals surface area (Å²) in [5.74, 6) is 0.366. The van der Waals surface area contributed by atoms with Crippen LogP contribution in [0.3, 0.4) is 0 Å². The van der Waals surface area contributed by atoms with E-state index in [0.717, 1.165) is 19.6 Å². The molecular formula is C8H15Cl2NO2. The van der Waals surface area contributed by atoms with Gasteiger partial charge in [0.05, 0.1) is 0 Å². The predicted octanol–water partition coefficient (Wildman–Crippen LogP) is 1.63. The Kier molecular flexibility index (Phi) is 8.61. The van der Waals surface area contributed by atoms with Gasteiger partial charge in [0.25, 0.3) is 0 Å². The highest BCUT2D eigenvalue weighted by Gasteiger charge is 2.04. The van der Waals surface area contributed by atoms with Crippen molar-refractivity contribution in [2.24, 2.45) is 0 Å². The molecule has 3 nitrogen and oxygen atoms in total. The second kappa shape index (κ2) is 8.60. The molecule has 0 heterocycles. The summed E-state index contributed by atoms with van der Waals surface area (Å²) in [6.07, 6.45) is 0.865. The van der Waals surface area contributed by atoms with E-state index in [0.29, 0.717) is 18.2 Å². The lowest BCUT2D eigenvalue weighted by Gasteiger charge is -2.18. The second-order valence-corrected chi connectivity index (χ2v) is 3.47. The molecule has 0 rings (SSSR count). The maximum absolute atomic E-state index is 10.2. The number of carbonyl (C=O) groups is 1. The fraction of sp³-hybridized carbons (Fsp3) is 0.875. The molecular weight excluding hydrogens is 213 g/mol. The van der Waals surface area contributed by atoms with Gasteiger partial charge >= 0.3 is 5.97 Å². The van der Waals surface area contributed by atoms with Crippen LogP contribution in [0.5, 0.6) is 0 Å². The van der Waals surface area contributed by atoms with Gasteiger partial charge in [-0.25, -0.2) is 0 Å². The number of nitrogens with zero attached hydrogens (tertiary/aromatic N) is 1. The van der Waals surface area contributed by atoms with Crippen LogP contribution in [0.4, 0.5) is 0 Å². The number of rotatable bonds is 8. The smallest absolute Gasteiger partial charge is 0.303 e. The molecule has 0 aliphatic carbocycles. The average molecular weight is 228 g/mol. The zero-order chi connectivity index (χ0) is 10.1. The Morgan fingerprint density at radius 2 is 1.69 bits per heavy atom. The highest BCUT2D eigenvalue weighted by molar-refractivity contribution is 6.18. The Balaban J connectivity index is 3.49. The minimum absolute atomic E-state index is 0.209. The summed E-state index contributed by atoms with van der Waals surface area (Å²) < 4.78 is 0. The Morgan fingerprint density at radius 1 is 1.15 bits per heavy atom. The summed E-state index contributed by atoms with van der Waals surface area (Å²) in [7, 11) is 0. The minimum Gasteiger partial charge on any atom is -0.481 e. The van der Waals surface area contributed by atoms with Crippen molar-refractivity contribution >= 4 is 29.2 Å². The van der Waals surface area contributed by atoms with Crippen molar-refractivity contribution < 1.29 is 9.90 Å². The quantitative estimate of drug-likeness (QED) is 0.642. The Hall–Kier alpha value is 0.01000. The first-order valence-electron chi connectivity index (χ1n) is 4.26. The van der Waals surface area contributed by atoms with Gasteiger partial charge < -0.3 is 10.0 Å². The van der Waals surface area contributed by atoms with Gasteiger partial charge in [-0.15, -0.1) is 23.2 Å². The van der Waals surface area contributed by atoms with E-state index in [-0.39, 0.29) is 6.42 Å². The fourth-order valence-corrected chi connectivity index (χ4v) is 1.51. The summed E-state index contributed by atoms with van der Waals surface area (Å²) in [6.45, 7) is 2.30. The zero-order valence-electron chi connectivity index (χ0n) is 7.51. The molecule has 0 radical (unpaired) electrons. The highest BCUT2D eigenvalue weighted by atomic mass is 35.5. The molecule has 0 spiro atoms. The monoisotopic (exact) mass is 227 g/mol. The van der Waals surface area contributed by atoms with Crippen LogP contribution < -0.4 is 0 Å². The lowest BCUT2D eigenvalue weighted by molar-refractivity contribution is -0.137. The summed E-state index contributed by atoms with van der Waals surface area (Å²) in [6, 6.07) is 0. The van der Waals surface area contributed by atoms with E-state index in [1.54, 1.807) is 0 Å². The molecule has 0 unspecified atom stereocenters. The number of carboxylic acids is 1. The molecule has 0 aromatic carbocycles. The SMILES string of the molecule is O=C(O)CCCN(CCCl)CCCl. The molecule has 78 valence electrons. The van der Waals surface area contributed by atoms with Gasteiger partial charge in [0.2, 0.25) is 0 Å². The summed E-state index contributed by atoms with van der Waals surface area (Å²) in [4.78, 5) is 12.3. The van der Waals surface area contributed by atoms with Crippen molar-refractivity contribution in [1.82, 2.24) is 4.90 Å². The third-order valence-corrected chi connectivity index (χ3v) is 2.00. The van der Waals surface area contributed by atoms with E-state index in [2.05, 4.69) is 4.90 Å². The van der Waals surface area contributed by atoms with Crippen molar-refractivity contribution in [1.29, 1.82) is 0 Å². The van der Waals surface area contributed by atoms with E-state index in [1.807, 2.05) is 0 Å². The third kappa shape index (κ3) is 8.34. The van der Waals surface area contributed by atoms with Crippen LogP contribution in [0.15, 0.2) is 0 Å². The second-order valence-electron chi connectivity index (χ2n) is 2.72. The lowest BCUT2D eigenvalue weighted by Crippen LogP contribution is -2.29. The molecule has 0 aliphatic rings. The molecule has 0 aromatic rings. The van der Waals surface area contributed by atoms with Crippen LogP contribution in [-0.2, 0) is 4.79 Å². The summed E-state index contributed by atoms with van der Waals surface area (Å²) in [5, 5.41) is 8.42. The van der Waals surface area contributed by atoms with Crippen molar-refractivity contribution in [3.8, 4) is 0 Å². The molecule has 0 aliphatic heterocycles. The average Bonchev–Trinajstić information content (AvgIpc) is 2.04. The van der Waals surface area contributed by atoms with Gasteiger partial charge in [-0.1, -0.05) is 0 Å². The maximum atomic E-state index is 10.2. The molecule has 0 saturated heterocycles. The molecule has 0 atom stereocenters. The summed E-state index contributed by atoms with van der Waals surface area (Å²) in [5.41, 5.74) is 0. The Labute approximate surface area is 88.6 Å². The van der Waals surface area contributed by atoms with Gasteiger partial charge in [-0.05, 0) is 13.0 Å². The molecule has 0 bridgehead atoms. The zero-order valence-corrected chi connectivity index (χ0v) is 9.02. The number of carboxylic acid groups (broad SMARTS) is 1. The highest BCUT2D eigenvalue weighted by Crippen LogP contribution is 1.97. The normalized spacial score (nSPS) is 10.7. The predicted molar refractivity (Wildman–Crippen MR) is 54.7 cm³/mol. The fourth-order valence-electron chi connectivity index (χ4n) is 1.03. The number of alkyl halides is 2. The first-order chi connectivity index (χ1) is 6.20. The largest absolute Gasteiger partial charge is 0.481 e. The van der Waals surface area contributed by atoms with E-state index < -0.39 is 5.97 Å². The van der Waals surface area contributed by atoms with E-state index in [9.17, 15) is 4.79 Å². The topological polar surface area (TPSA) is 40.5 Å². The Bertz CT molecular complexity index is 138.